The van der Waals surface area contributed by atoms with Crippen LogP contribution in [0.1, 0.15) is 22.0 Å². The normalized spacial score (nSPS) is 11.9. The lowest BCUT2D eigenvalue weighted by Crippen LogP contribution is -2.28. The number of hydrogen-bond acceptors (Lipinski definition) is 4. The summed E-state index contributed by atoms with van der Waals surface area (Å²) in [6.07, 6.45) is -0.841. The monoisotopic (exact) mass is 350 g/mol. The number of aromatic hydroxyl groups is 1. The first kappa shape index (κ1) is 15.3. The average molecular weight is 351 g/mol. The molecule has 110 valence electrons. The Morgan fingerprint density at radius 3 is 2.52 bits per heavy atom. The maximum absolute atomic E-state index is 11.9. The zero-order valence-corrected chi connectivity index (χ0v) is 12.7. The van der Waals surface area contributed by atoms with Crippen molar-refractivity contribution in [2.75, 3.05) is 12.3 Å². The number of nitrogens with one attached hydrogen (secondary N) is 1. The van der Waals surface area contributed by atoms with Gasteiger partial charge in [0.15, 0.2) is 0 Å². The van der Waals surface area contributed by atoms with E-state index in [-0.39, 0.29) is 17.9 Å². The SMILES string of the molecule is Nc1ccc(C(O)CNC(=O)c2ccc(Br)cc2O)cc1. The van der Waals surface area contributed by atoms with E-state index in [0.717, 1.165) is 0 Å². The lowest BCUT2D eigenvalue weighted by molar-refractivity contribution is 0.0913. The van der Waals surface area contributed by atoms with Crippen molar-refractivity contribution >= 4 is 27.5 Å². The van der Waals surface area contributed by atoms with Crippen LogP contribution in [0.3, 0.4) is 0 Å². The number of hydrogen-bond donors (Lipinski definition) is 4. The van der Waals surface area contributed by atoms with Crippen LogP contribution in [0.4, 0.5) is 5.69 Å². The van der Waals surface area contributed by atoms with Crippen molar-refractivity contribution in [2.45, 2.75) is 6.10 Å². The average Bonchev–Trinajstić information content (AvgIpc) is 2.45. The van der Waals surface area contributed by atoms with Crippen LogP contribution in [0.5, 0.6) is 5.75 Å². The first-order chi connectivity index (χ1) is 9.97. The Balaban J connectivity index is 1.99. The third kappa shape index (κ3) is 3.96. The van der Waals surface area contributed by atoms with Gasteiger partial charge in [-0.05, 0) is 35.9 Å². The van der Waals surface area contributed by atoms with Crippen LogP contribution in [0.15, 0.2) is 46.9 Å². The first-order valence-corrected chi connectivity index (χ1v) is 7.07. The van der Waals surface area contributed by atoms with Crippen molar-refractivity contribution in [2.24, 2.45) is 0 Å². The van der Waals surface area contributed by atoms with Crippen molar-refractivity contribution in [1.82, 2.24) is 5.32 Å². The molecule has 0 radical (unpaired) electrons. The number of nitrogens with two attached hydrogens (primary N) is 1. The van der Waals surface area contributed by atoms with Gasteiger partial charge in [-0.2, -0.15) is 0 Å². The number of amides is 1. The summed E-state index contributed by atoms with van der Waals surface area (Å²) in [5.41, 5.74) is 6.99. The van der Waals surface area contributed by atoms with E-state index in [1.807, 2.05) is 0 Å². The highest BCUT2D eigenvalue weighted by Gasteiger charge is 2.14. The van der Waals surface area contributed by atoms with Crippen molar-refractivity contribution in [3.63, 3.8) is 0 Å². The van der Waals surface area contributed by atoms with Gasteiger partial charge in [0.1, 0.15) is 5.75 Å². The number of nitrogen functional groups attached to an aromatic ring is 1. The Kier molecular flexibility index (Phi) is 4.82. The summed E-state index contributed by atoms with van der Waals surface area (Å²) in [7, 11) is 0. The summed E-state index contributed by atoms with van der Waals surface area (Å²) < 4.78 is 0.679. The van der Waals surface area contributed by atoms with E-state index in [2.05, 4.69) is 21.2 Å². The molecule has 5 N–H and O–H groups in total. The standard InChI is InChI=1S/C15H15BrN2O3/c16-10-3-6-12(13(19)7-10)15(21)18-8-14(20)9-1-4-11(17)5-2-9/h1-7,14,19-20H,8,17H2,(H,18,21). The van der Waals surface area contributed by atoms with E-state index < -0.39 is 12.0 Å². The Morgan fingerprint density at radius 1 is 1.24 bits per heavy atom. The summed E-state index contributed by atoms with van der Waals surface area (Å²) in [4.78, 5) is 11.9. The number of phenolic OH excluding ortho intramolecular Hbond substituents is 1. The summed E-state index contributed by atoms with van der Waals surface area (Å²) in [5.74, 6) is -0.571. The second kappa shape index (κ2) is 6.60. The Morgan fingerprint density at radius 2 is 1.90 bits per heavy atom. The molecule has 2 rings (SSSR count). The highest BCUT2D eigenvalue weighted by atomic mass is 79.9. The topological polar surface area (TPSA) is 95.6 Å². The molecule has 6 heteroatoms. The van der Waals surface area contributed by atoms with Gasteiger partial charge >= 0.3 is 0 Å². The highest BCUT2D eigenvalue weighted by Crippen LogP contribution is 2.22. The quantitative estimate of drug-likeness (QED) is 0.635. The zero-order valence-electron chi connectivity index (χ0n) is 11.1. The molecule has 0 spiro atoms. The summed E-state index contributed by atoms with van der Waals surface area (Å²) in [6.45, 7) is 0.0399. The maximum Gasteiger partial charge on any atom is 0.255 e. The van der Waals surface area contributed by atoms with Crippen LogP contribution in [-0.4, -0.2) is 22.7 Å². The van der Waals surface area contributed by atoms with E-state index in [4.69, 9.17) is 5.73 Å². The van der Waals surface area contributed by atoms with Crippen LogP contribution in [0.2, 0.25) is 0 Å². The summed E-state index contributed by atoms with van der Waals surface area (Å²) in [6, 6.07) is 11.4. The van der Waals surface area contributed by atoms with E-state index in [9.17, 15) is 15.0 Å². The van der Waals surface area contributed by atoms with Gasteiger partial charge in [-0.15, -0.1) is 0 Å². The molecule has 0 saturated heterocycles. The number of halogens is 1. The molecule has 0 fully saturated rings. The molecule has 0 aliphatic heterocycles. The predicted octanol–water partition coefficient (Wildman–Crippen LogP) is 2.20. The Hall–Kier alpha value is -2.05. The zero-order chi connectivity index (χ0) is 15.4. The fraction of sp³-hybridized carbons (Fsp3) is 0.133. The molecule has 2 aromatic carbocycles. The number of aliphatic hydroxyl groups is 1. The largest absolute Gasteiger partial charge is 0.507 e. The molecule has 0 aliphatic rings. The molecule has 5 nitrogen and oxygen atoms in total. The van der Waals surface area contributed by atoms with Crippen molar-refractivity contribution < 1.29 is 15.0 Å². The van der Waals surface area contributed by atoms with Gasteiger partial charge in [0.2, 0.25) is 0 Å². The molecule has 1 unspecified atom stereocenters. The van der Waals surface area contributed by atoms with E-state index in [0.29, 0.717) is 15.7 Å². The van der Waals surface area contributed by atoms with Gasteiger partial charge in [-0.3, -0.25) is 4.79 Å². The van der Waals surface area contributed by atoms with Crippen molar-refractivity contribution in [1.29, 1.82) is 0 Å². The van der Waals surface area contributed by atoms with E-state index in [1.54, 1.807) is 30.3 Å². The molecule has 1 amide bonds. The minimum atomic E-state index is -0.841. The molecule has 0 aromatic heterocycles. The van der Waals surface area contributed by atoms with Gasteiger partial charge in [0, 0.05) is 16.7 Å². The molecule has 0 saturated carbocycles. The second-order valence-corrected chi connectivity index (χ2v) is 5.47. The number of carbonyl (C=O) groups is 1. The Bertz CT molecular complexity index is 644. The van der Waals surface area contributed by atoms with Gasteiger partial charge in [0.25, 0.3) is 5.91 Å². The van der Waals surface area contributed by atoms with Crippen LogP contribution >= 0.6 is 15.9 Å². The van der Waals surface area contributed by atoms with E-state index >= 15 is 0 Å². The predicted molar refractivity (Wildman–Crippen MR) is 84.0 cm³/mol. The fourth-order valence-corrected chi connectivity index (χ4v) is 2.17. The summed E-state index contributed by atoms with van der Waals surface area (Å²) in [5, 5.41) is 22.3. The lowest BCUT2D eigenvalue weighted by atomic mass is 10.1. The van der Waals surface area contributed by atoms with Crippen molar-refractivity contribution in [3.05, 3.63) is 58.1 Å². The molecule has 1 atom stereocenters. The minimum absolute atomic E-state index is 0.0399. The number of rotatable bonds is 4. The second-order valence-electron chi connectivity index (χ2n) is 4.55. The maximum atomic E-state index is 11.9. The Labute approximate surface area is 130 Å². The number of carbonyl (C=O) groups excluding carboxylic acids is 1. The molecule has 2 aromatic rings. The van der Waals surface area contributed by atoms with Crippen LogP contribution < -0.4 is 11.1 Å². The third-order valence-electron chi connectivity index (χ3n) is 2.98. The van der Waals surface area contributed by atoms with Crippen molar-refractivity contribution in [3.8, 4) is 5.75 Å². The van der Waals surface area contributed by atoms with Crippen LogP contribution in [0, 0.1) is 0 Å². The van der Waals surface area contributed by atoms with Gasteiger partial charge in [-0.25, -0.2) is 0 Å². The highest BCUT2D eigenvalue weighted by molar-refractivity contribution is 9.10. The van der Waals surface area contributed by atoms with Gasteiger partial charge in [0.05, 0.1) is 11.7 Å². The molecular weight excluding hydrogens is 336 g/mol. The van der Waals surface area contributed by atoms with E-state index in [1.165, 1.54) is 12.1 Å². The third-order valence-corrected chi connectivity index (χ3v) is 3.47. The minimum Gasteiger partial charge on any atom is -0.507 e. The molecular formula is C15H15BrN2O3. The van der Waals surface area contributed by atoms with Crippen LogP contribution in [0.25, 0.3) is 0 Å². The lowest BCUT2D eigenvalue weighted by Gasteiger charge is -2.13. The summed E-state index contributed by atoms with van der Waals surface area (Å²) >= 11 is 3.20. The molecule has 0 aliphatic carbocycles. The van der Waals surface area contributed by atoms with Gasteiger partial charge in [-0.1, -0.05) is 28.1 Å². The van der Waals surface area contributed by atoms with Gasteiger partial charge < -0.3 is 21.3 Å². The molecule has 0 heterocycles. The number of benzene rings is 2. The smallest absolute Gasteiger partial charge is 0.255 e. The number of anilines is 1. The number of phenols is 1. The van der Waals surface area contributed by atoms with Crippen LogP contribution in [-0.2, 0) is 0 Å². The first-order valence-electron chi connectivity index (χ1n) is 6.27. The fourth-order valence-electron chi connectivity index (χ4n) is 1.82. The molecule has 0 bridgehead atoms. The molecule has 21 heavy (non-hydrogen) atoms. The number of aliphatic hydroxyl groups excluding tert-OH is 1.